The molecule has 1 aliphatic heterocycles. The van der Waals surface area contributed by atoms with E-state index >= 15 is 0 Å². The van der Waals surface area contributed by atoms with Crippen LogP contribution in [0.25, 0.3) is 0 Å². The van der Waals surface area contributed by atoms with Crippen LogP contribution in [0.1, 0.15) is 18.6 Å². The van der Waals surface area contributed by atoms with E-state index in [9.17, 15) is 9.50 Å². The van der Waals surface area contributed by atoms with Gasteiger partial charge >= 0.3 is 0 Å². The fourth-order valence-electron chi connectivity index (χ4n) is 1.95. The van der Waals surface area contributed by atoms with Crippen LogP contribution in [0.15, 0.2) is 18.2 Å². The van der Waals surface area contributed by atoms with Gasteiger partial charge in [-0.1, -0.05) is 6.07 Å². The first kappa shape index (κ1) is 11.4. The van der Waals surface area contributed by atoms with Gasteiger partial charge in [-0.05, 0) is 24.6 Å². The molecule has 2 N–H and O–H groups in total. The van der Waals surface area contributed by atoms with Crippen molar-refractivity contribution in [1.82, 2.24) is 5.32 Å². The minimum Gasteiger partial charge on any atom is -0.389 e. The van der Waals surface area contributed by atoms with Crippen LogP contribution in [0, 0.1) is 5.82 Å². The smallest absolute Gasteiger partial charge is 0.146 e. The molecule has 1 heterocycles. The van der Waals surface area contributed by atoms with Crippen molar-refractivity contribution in [3.63, 3.8) is 0 Å². The van der Waals surface area contributed by atoms with Crippen molar-refractivity contribution < 1.29 is 9.50 Å². The number of nitrogens with zero attached hydrogens (tertiary/aromatic N) is 1. The Morgan fingerprint density at radius 1 is 1.38 bits per heavy atom. The maximum atomic E-state index is 13.8. The Bertz CT molecular complexity index is 362. The van der Waals surface area contributed by atoms with E-state index in [0.717, 1.165) is 26.2 Å². The summed E-state index contributed by atoms with van der Waals surface area (Å²) >= 11 is 0. The minimum absolute atomic E-state index is 0.250. The van der Waals surface area contributed by atoms with Crippen LogP contribution < -0.4 is 10.2 Å². The van der Waals surface area contributed by atoms with Crippen molar-refractivity contribution in [3.05, 3.63) is 29.6 Å². The molecule has 1 saturated heterocycles. The first-order chi connectivity index (χ1) is 7.68. The molecule has 1 fully saturated rings. The summed E-state index contributed by atoms with van der Waals surface area (Å²) in [5, 5.41) is 12.6. The molecular formula is C12H17FN2O. The lowest BCUT2D eigenvalue weighted by Gasteiger charge is -2.29. The first-order valence-corrected chi connectivity index (χ1v) is 5.61. The number of nitrogens with one attached hydrogen (secondary N) is 1. The molecule has 1 aromatic rings. The van der Waals surface area contributed by atoms with Gasteiger partial charge in [-0.3, -0.25) is 0 Å². The highest BCUT2D eigenvalue weighted by Crippen LogP contribution is 2.23. The quantitative estimate of drug-likeness (QED) is 0.794. The lowest BCUT2D eigenvalue weighted by Crippen LogP contribution is -2.43. The highest BCUT2D eigenvalue weighted by atomic mass is 19.1. The molecule has 0 radical (unpaired) electrons. The Morgan fingerprint density at radius 3 is 2.62 bits per heavy atom. The van der Waals surface area contributed by atoms with Crippen molar-refractivity contribution >= 4 is 5.69 Å². The summed E-state index contributed by atoms with van der Waals surface area (Å²) < 4.78 is 13.8. The molecular weight excluding hydrogens is 207 g/mol. The first-order valence-electron chi connectivity index (χ1n) is 5.61. The number of hydrogen-bond acceptors (Lipinski definition) is 3. The molecule has 1 aromatic carbocycles. The second-order valence-corrected chi connectivity index (χ2v) is 4.12. The van der Waals surface area contributed by atoms with Gasteiger partial charge in [0.1, 0.15) is 5.82 Å². The molecule has 3 nitrogen and oxygen atoms in total. The summed E-state index contributed by atoms with van der Waals surface area (Å²) in [6, 6.07) is 4.95. The molecule has 1 aliphatic rings. The molecule has 0 saturated carbocycles. The van der Waals surface area contributed by atoms with Crippen LogP contribution in [0.2, 0.25) is 0 Å². The van der Waals surface area contributed by atoms with E-state index < -0.39 is 6.10 Å². The van der Waals surface area contributed by atoms with Crippen molar-refractivity contribution in [2.24, 2.45) is 0 Å². The lowest BCUT2D eigenvalue weighted by atomic mass is 10.1. The van der Waals surface area contributed by atoms with Crippen LogP contribution in [0.5, 0.6) is 0 Å². The normalized spacial score (nSPS) is 18.6. The summed E-state index contributed by atoms with van der Waals surface area (Å²) in [5.41, 5.74) is 1.25. The van der Waals surface area contributed by atoms with Crippen molar-refractivity contribution in [3.8, 4) is 0 Å². The van der Waals surface area contributed by atoms with Gasteiger partial charge in [-0.15, -0.1) is 0 Å². The van der Waals surface area contributed by atoms with E-state index in [1.54, 1.807) is 19.1 Å². The third-order valence-electron chi connectivity index (χ3n) is 2.91. The van der Waals surface area contributed by atoms with Gasteiger partial charge in [0, 0.05) is 26.2 Å². The summed E-state index contributed by atoms with van der Waals surface area (Å²) in [6.07, 6.45) is -0.619. The molecule has 0 bridgehead atoms. The topological polar surface area (TPSA) is 35.5 Å². The largest absolute Gasteiger partial charge is 0.389 e. The van der Waals surface area contributed by atoms with Gasteiger partial charge in [-0.2, -0.15) is 0 Å². The van der Waals surface area contributed by atoms with E-state index in [0.29, 0.717) is 11.3 Å². The SMILES string of the molecule is C[C@H](O)c1ccc(N2CCNCC2)c(F)c1. The van der Waals surface area contributed by atoms with E-state index in [2.05, 4.69) is 5.32 Å². The molecule has 0 spiro atoms. The van der Waals surface area contributed by atoms with Gasteiger partial charge in [0.05, 0.1) is 11.8 Å². The lowest BCUT2D eigenvalue weighted by molar-refractivity contribution is 0.199. The predicted octanol–water partition coefficient (Wildman–Crippen LogP) is 1.29. The van der Waals surface area contributed by atoms with E-state index in [1.807, 2.05) is 4.90 Å². The van der Waals surface area contributed by atoms with Gasteiger partial charge < -0.3 is 15.3 Å². The molecule has 0 unspecified atom stereocenters. The van der Waals surface area contributed by atoms with Crippen LogP contribution in [0.3, 0.4) is 0 Å². The Kier molecular flexibility index (Phi) is 3.41. The predicted molar refractivity (Wildman–Crippen MR) is 62.1 cm³/mol. The summed E-state index contributed by atoms with van der Waals surface area (Å²) in [7, 11) is 0. The van der Waals surface area contributed by atoms with Crippen LogP contribution in [0.4, 0.5) is 10.1 Å². The number of anilines is 1. The van der Waals surface area contributed by atoms with Gasteiger partial charge in [0.15, 0.2) is 0 Å². The van der Waals surface area contributed by atoms with Gasteiger partial charge in [-0.25, -0.2) is 4.39 Å². The Balaban J connectivity index is 2.21. The second-order valence-electron chi connectivity index (χ2n) is 4.12. The summed E-state index contributed by atoms with van der Waals surface area (Å²) in [5.74, 6) is -0.250. The third kappa shape index (κ3) is 2.33. The minimum atomic E-state index is -0.619. The molecule has 1 atom stereocenters. The number of halogens is 1. The van der Waals surface area contributed by atoms with E-state index in [-0.39, 0.29) is 5.82 Å². The van der Waals surface area contributed by atoms with Gasteiger partial charge in [0.25, 0.3) is 0 Å². The molecule has 0 aliphatic carbocycles. The van der Waals surface area contributed by atoms with Crippen molar-refractivity contribution in [2.75, 3.05) is 31.1 Å². The fourth-order valence-corrected chi connectivity index (χ4v) is 1.95. The number of benzene rings is 1. The number of rotatable bonds is 2. The highest BCUT2D eigenvalue weighted by Gasteiger charge is 2.15. The Hall–Kier alpha value is -1.13. The Labute approximate surface area is 94.9 Å². The monoisotopic (exact) mass is 224 g/mol. The number of aliphatic hydroxyl groups is 1. The highest BCUT2D eigenvalue weighted by molar-refractivity contribution is 5.49. The van der Waals surface area contributed by atoms with E-state index in [4.69, 9.17) is 0 Å². The zero-order chi connectivity index (χ0) is 11.5. The maximum absolute atomic E-state index is 13.8. The van der Waals surface area contributed by atoms with Crippen molar-refractivity contribution in [2.45, 2.75) is 13.0 Å². The van der Waals surface area contributed by atoms with E-state index in [1.165, 1.54) is 6.07 Å². The molecule has 16 heavy (non-hydrogen) atoms. The maximum Gasteiger partial charge on any atom is 0.146 e. The zero-order valence-electron chi connectivity index (χ0n) is 9.41. The average molecular weight is 224 g/mol. The number of hydrogen-bond donors (Lipinski definition) is 2. The summed E-state index contributed by atoms with van der Waals surface area (Å²) in [4.78, 5) is 2.03. The van der Waals surface area contributed by atoms with Crippen molar-refractivity contribution in [1.29, 1.82) is 0 Å². The zero-order valence-corrected chi connectivity index (χ0v) is 9.41. The summed E-state index contributed by atoms with van der Waals surface area (Å²) in [6.45, 7) is 5.06. The van der Waals surface area contributed by atoms with Gasteiger partial charge in [0.2, 0.25) is 0 Å². The van der Waals surface area contributed by atoms with Crippen LogP contribution >= 0.6 is 0 Å². The molecule has 88 valence electrons. The molecule has 4 heteroatoms. The number of aliphatic hydroxyl groups excluding tert-OH is 1. The van der Waals surface area contributed by atoms with Crippen LogP contribution in [-0.4, -0.2) is 31.3 Å². The average Bonchev–Trinajstić information content (AvgIpc) is 2.30. The van der Waals surface area contributed by atoms with Crippen LogP contribution in [-0.2, 0) is 0 Å². The third-order valence-corrected chi connectivity index (χ3v) is 2.91. The second kappa shape index (κ2) is 4.80. The standard InChI is InChI=1S/C12H17FN2O/c1-9(16)10-2-3-12(11(13)8-10)15-6-4-14-5-7-15/h2-3,8-9,14,16H,4-7H2,1H3/t9-/m0/s1. The fraction of sp³-hybridized carbons (Fsp3) is 0.500. The Morgan fingerprint density at radius 2 is 2.06 bits per heavy atom. The molecule has 2 rings (SSSR count). The number of piperazine rings is 1. The molecule has 0 amide bonds. The molecule has 0 aromatic heterocycles.